The van der Waals surface area contributed by atoms with Crippen molar-refractivity contribution >= 4 is 33.4 Å². The van der Waals surface area contributed by atoms with E-state index < -0.39 is 0 Å². The van der Waals surface area contributed by atoms with Crippen LogP contribution in [0.25, 0.3) is 0 Å². The summed E-state index contributed by atoms with van der Waals surface area (Å²) in [5, 5.41) is 3.41. The van der Waals surface area contributed by atoms with E-state index in [9.17, 15) is 0 Å². The van der Waals surface area contributed by atoms with Gasteiger partial charge in [0.25, 0.3) is 0 Å². The van der Waals surface area contributed by atoms with E-state index in [0.717, 1.165) is 40.7 Å². The number of benzene rings is 1. The Labute approximate surface area is 133 Å². The highest BCUT2D eigenvalue weighted by atomic mass is 79.9. The van der Waals surface area contributed by atoms with Crippen LogP contribution in [0.3, 0.4) is 0 Å². The third-order valence-corrected chi connectivity index (χ3v) is 4.18. The highest BCUT2D eigenvalue weighted by Crippen LogP contribution is 2.25. The lowest BCUT2D eigenvalue weighted by molar-refractivity contribution is 0.891. The predicted octanol–water partition coefficient (Wildman–Crippen LogP) is 4.20. The molecule has 2 heterocycles. The molecule has 1 aromatic carbocycles. The van der Waals surface area contributed by atoms with E-state index in [0.29, 0.717) is 0 Å². The standard InChI is InChI=1S/C16H19BrN4/c1-11-9-13(17)5-6-14(11)19-15-10-12(2)18-16(20-15)21-7-3-4-8-21/h5-6,9-10H,3-4,7-8H2,1-2H3,(H,18,19,20). The molecule has 0 amide bonds. The average molecular weight is 347 g/mol. The lowest BCUT2D eigenvalue weighted by atomic mass is 10.2. The normalized spacial score (nSPS) is 14.5. The Hall–Kier alpha value is -1.62. The molecule has 1 aromatic heterocycles. The predicted molar refractivity (Wildman–Crippen MR) is 90.4 cm³/mol. The van der Waals surface area contributed by atoms with E-state index >= 15 is 0 Å². The van der Waals surface area contributed by atoms with Crippen molar-refractivity contribution in [3.63, 3.8) is 0 Å². The largest absolute Gasteiger partial charge is 0.341 e. The molecule has 0 radical (unpaired) electrons. The van der Waals surface area contributed by atoms with Gasteiger partial charge in [0.1, 0.15) is 5.82 Å². The van der Waals surface area contributed by atoms with E-state index in [4.69, 9.17) is 0 Å². The molecule has 3 rings (SSSR count). The molecule has 4 nitrogen and oxygen atoms in total. The number of aromatic nitrogens is 2. The van der Waals surface area contributed by atoms with E-state index in [-0.39, 0.29) is 0 Å². The molecule has 21 heavy (non-hydrogen) atoms. The number of nitrogens with one attached hydrogen (secondary N) is 1. The van der Waals surface area contributed by atoms with E-state index in [1.807, 2.05) is 19.1 Å². The highest BCUT2D eigenvalue weighted by molar-refractivity contribution is 9.10. The molecule has 2 aromatic rings. The molecule has 1 fully saturated rings. The zero-order valence-corrected chi connectivity index (χ0v) is 13.9. The van der Waals surface area contributed by atoms with E-state index in [1.165, 1.54) is 18.4 Å². The van der Waals surface area contributed by atoms with Crippen molar-refractivity contribution in [2.24, 2.45) is 0 Å². The summed E-state index contributed by atoms with van der Waals surface area (Å²) in [6.07, 6.45) is 2.46. The molecule has 1 aliphatic heterocycles. The van der Waals surface area contributed by atoms with Crippen molar-refractivity contribution in [1.29, 1.82) is 0 Å². The average Bonchev–Trinajstić information content (AvgIpc) is 2.95. The molecule has 0 atom stereocenters. The van der Waals surface area contributed by atoms with E-state index in [1.54, 1.807) is 0 Å². The van der Waals surface area contributed by atoms with Crippen LogP contribution < -0.4 is 10.2 Å². The SMILES string of the molecule is Cc1cc(Nc2ccc(Br)cc2C)nc(N2CCCC2)n1. The monoisotopic (exact) mass is 346 g/mol. The van der Waals surface area contributed by atoms with Crippen LogP contribution in [-0.2, 0) is 0 Å². The quantitative estimate of drug-likeness (QED) is 0.904. The van der Waals surface area contributed by atoms with Gasteiger partial charge in [-0.3, -0.25) is 0 Å². The van der Waals surface area contributed by atoms with Gasteiger partial charge in [-0.1, -0.05) is 15.9 Å². The topological polar surface area (TPSA) is 41.1 Å². The molecule has 0 aliphatic carbocycles. The van der Waals surface area contributed by atoms with Gasteiger partial charge in [-0.2, -0.15) is 4.98 Å². The maximum Gasteiger partial charge on any atom is 0.227 e. The minimum Gasteiger partial charge on any atom is -0.341 e. The lowest BCUT2D eigenvalue weighted by Gasteiger charge is -2.17. The summed E-state index contributed by atoms with van der Waals surface area (Å²) in [7, 11) is 0. The zero-order chi connectivity index (χ0) is 14.8. The van der Waals surface area contributed by atoms with Gasteiger partial charge in [0.2, 0.25) is 5.95 Å². The summed E-state index contributed by atoms with van der Waals surface area (Å²) in [5.41, 5.74) is 3.25. The molecule has 1 N–H and O–H groups in total. The number of rotatable bonds is 3. The van der Waals surface area contributed by atoms with Crippen molar-refractivity contribution in [2.45, 2.75) is 26.7 Å². The minimum absolute atomic E-state index is 0.838. The van der Waals surface area contributed by atoms with Crippen LogP contribution in [0, 0.1) is 13.8 Å². The molecular weight excluding hydrogens is 328 g/mol. The maximum atomic E-state index is 4.67. The lowest BCUT2D eigenvalue weighted by Crippen LogP contribution is -2.21. The summed E-state index contributed by atoms with van der Waals surface area (Å²) in [4.78, 5) is 11.5. The van der Waals surface area contributed by atoms with Gasteiger partial charge < -0.3 is 10.2 Å². The minimum atomic E-state index is 0.838. The van der Waals surface area contributed by atoms with Crippen LogP contribution in [0.2, 0.25) is 0 Å². The van der Waals surface area contributed by atoms with Crippen molar-refractivity contribution in [3.8, 4) is 0 Å². The van der Waals surface area contributed by atoms with E-state index in [2.05, 4.69) is 55.2 Å². The first-order valence-electron chi connectivity index (χ1n) is 7.25. The van der Waals surface area contributed by atoms with Gasteiger partial charge in [-0.05, 0) is 50.5 Å². The fourth-order valence-electron chi connectivity index (χ4n) is 2.58. The van der Waals surface area contributed by atoms with Crippen LogP contribution in [0.5, 0.6) is 0 Å². The summed E-state index contributed by atoms with van der Waals surface area (Å²) in [6.45, 7) is 6.21. The summed E-state index contributed by atoms with van der Waals surface area (Å²) in [5.74, 6) is 1.69. The van der Waals surface area contributed by atoms with Gasteiger partial charge >= 0.3 is 0 Å². The Bertz CT molecular complexity index is 651. The second kappa shape index (κ2) is 6.02. The number of hydrogen-bond acceptors (Lipinski definition) is 4. The second-order valence-electron chi connectivity index (χ2n) is 5.47. The Morgan fingerprint density at radius 2 is 1.86 bits per heavy atom. The Morgan fingerprint density at radius 3 is 2.57 bits per heavy atom. The van der Waals surface area contributed by atoms with Crippen molar-refractivity contribution in [2.75, 3.05) is 23.3 Å². The van der Waals surface area contributed by atoms with Crippen molar-refractivity contribution < 1.29 is 0 Å². The van der Waals surface area contributed by atoms with Crippen molar-refractivity contribution in [1.82, 2.24) is 9.97 Å². The second-order valence-corrected chi connectivity index (χ2v) is 6.39. The third kappa shape index (κ3) is 3.35. The van der Waals surface area contributed by atoms with Crippen LogP contribution in [0.15, 0.2) is 28.7 Å². The Morgan fingerprint density at radius 1 is 1.10 bits per heavy atom. The first-order chi connectivity index (χ1) is 10.1. The van der Waals surface area contributed by atoms with Crippen LogP contribution >= 0.6 is 15.9 Å². The van der Waals surface area contributed by atoms with Gasteiger partial charge in [0.15, 0.2) is 0 Å². The number of halogens is 1. The Balaban J connectivity index is 1.87. The molecule has 0 spiro atoms. The van der Waals surface area contributed by atoms with Gasteiger partial charge in [0, 0.05) is 35.0 Å². The number of nitrogens with zero attached hydrogens (tertiary/aromatic N) is 3. The number of hydrogen-bond donors (Lipinski definition) is 1. The van der Waals surface area contributed by atoms with Gasteiger partial charge in [-0.25, -0.2) is 4.98 Å². The Kier molecular flexibility index (Phi) is 4.10. The van der Waals surface area contributed by atoms with Crippen LogP contribution in [0.4, 0.5) is 17.5 Å². The summed E-state index contributed by atoms with van der Waals surface area (Å²) >= 11 is 3.49. The molecule has 0 saturated carbocycles. The first kappa shape index (κ1) is 14.3. The zero-order valence-electron chi connectivity index (χ0n) is 12.4. The van der Waals surface area contributed by atoms with Gasteiger partial charge in [-0.15, -0.1) is 0 Å². The number of anilines is 3. The maximum absolute atomic E-state index is 4.67. The van der Waals surface area contributed by atoms with Crippen LogP contribution in [0.1, 0.15) is 24.1 Å². The highest BCUT2D eigenvalue weighted by Gasteiger charge is 2.16. The molecule has 0 unspecified atom stereocenters. The third-order valence-electron chi connectivity index (χ3n) is 3.68. The number of aryl methyl sites for hydroxylation is 2. The fraction of sp³-hybridized carbons (Fsp3) is 0.375. The molecule has 5 heteroatoms. The van der Waals surface area contributed by atoms with Crippen LogP contribution in [-0.4, -0.2) is 23.1 Å². The molecule has 0 bridgehead atoms. The molecular formula is C16H19BrN4. The van der Waals surface area contributed by atoms with Crippen molar-refractivity contribution in [3.05, 3.63) is 40.0 Å². The molecule has 110 valence electrons. The summed E-state index contributed by atoms with van der Waals surface area (Å²) in [6, 6.07) is 8.18. The first-order valence-corrected chi connectivity index (χ1v) is 8.05. The molecule has 1 saturated heterocycles. The molecule has 1 aliphatic rings. The summed E-state index contributed by atoms with van der Waals surface area (Å²) < 4.78 is 1.09. The smallest absolute Gasteiger partial charge is 0.227 e. The van der Waals surface area contributed by atoms with Gasteiger partial charge in [0.05, 0.1) is 0 Å². The fourth-order valence-corrected chi connectivity index (χ4v) is 3.06.